The lowest BCUT2D eigenvalue weighted by molar-refractivity contribution is -0.132. The summed E-state index contributed by atoms with van der Waals surface area (Å²) >= 11 is 15.4. The molecule has 1 atom stereocenters. The number of amides is 3. The lowest BCUT2D eigenvalue weighted by atomic mass is 10.1. The third-order valence-electron chi connectivity index (χ3n) is 4.83. The molecule has 1 saturated heterocycles. The Kier molecular flexibility index (Phi) is 7.94. The van der Waals surface area contributed by atoms with E-state index in [2.05, 4.69) is 21.2 Å². The summed E-state index contributed by atoms with van der Waals surface area (Å²) in [6.07, 6.45) is -0.596. The van der Waals surface area contributed by atoms with Gasteiger partial charge in [0.2, 0.25) is 0 Å². The Hall–Kier alpha value is -2.13. The number of nitrogens with two attached hydrogens (primary N) is 1. The lowest BCUT2D eigenvalue weighted by Gasteiger charge is -2.42. The minimum Gasteiger partial charge on any atom is -0.351 e. The van der Waals surface area contributed by atoms with Crippen LogP contribution < -0.4 is 11.1 Å². The first-order valence-corrected chi connectivity index (χ1v) is 11.2. The van der Waals surface area contributed by atoms with Crippen LogP contribution in [0, 0.1) is 0 Å². The van der Waals surface area contributed by atoms with Crippen LogP contribution >= 0.6 is 39.1 Å². The molecule has 2 aromatic rings. The van der Waals surface area contributed by atoms with Crippen LogP contribution in [0.5, 0.6) is 0 Å². The summed E-state index contributed by atoms with van der Waals surface area (Å²) in [5, 5.41) is 3.25. The van der Waals surface area contributed by atoms with Gasteiger partial charge in [-0.05, 0) is 42.8 Å². The molecule has 31 heavy (non-hydrogen) atoms. The predicted molar refractivity (Wildman–Crippen MR) is 123 cm³/mol. The molecule has 1 unspecified atom stereocenters. The van der Waals surface area contributed by atoms with Crippen molar-refractivity contribution in [1.29, 1.82) is 0 Å². The first-order valence-electron chi connectivity index (χ1n) is 9.64. The fourth-order valence-corrected chi connectivity index (χ4v) is 4.10. The molecule has 0 aliphatic carbocycles. The number of nitrogens with one attached hydrogen (secondary N) is 1. The average Bonchev–Trinajstić information content (AvgIpc) is 2.77. The van der Waals surface area contributed by atoms with Crippen LogP contribution in [-0.2, 0) is 4.79 Å². The normalized spacial score (nSPS) is 16.2. The fourth-order valence-electron chi connectivity index (χ4n) is 3.40. The van der Waals surface area contributed by atoms with E-state index in [4.69, 9.17) is 28.9 Å². The number of carbonyl (C=O) groups excluding carboxylic acids is 3. The molecule has 10 heteroatoms. The molecule has 7 nitrogen and oxygen atoms in total. The van der Waals surface area contributed by atoms with Gasteiger partial charge in [0.15, 0.2) is 6.17 Å². The van der Waals surface area contributed by atoms with Gasteiger partial charge in [-0.25, -0.2) is 0 Å². The maximum absolute atomic E-state index is 13.3. The first-order chi connectivity index (χ1) is 14.8. The maximum atomic E-state index is 13.3. The topological polar surface area (TPSA) is 95.7 Å². The zero-order chi connectivity index (χ0) is 22.5. The van der Waals surface area contributed by atoms with Crippen molar-refractivity contribution in [2.45, 2.75) is 12.6 Å². The predicted octanol–water partition coefficient (Wildman–Crippen LogP) is 3.15. The summed E-state index contributed by atoms with van der Waals surface area (Å²) in [5.41, 5.74) is 6.21. The number of carbonyl (C=O) groups is 3. The van der Waals surface area contributed by atoms with E-state index in [-0.39, 0.29) is 29.6 Å². The third kappa shape index (κ3) is 5.38. The highest BCUT2D eigenvalue weighted by molar-refractivity contribution is 9.10. The molecule has 0 bridgehead atoms. The summed E-state index contributed by atoms with van der Waals surface area (Å²) in [4.78, 5) is 42.4. The summed E-state index contributed by atoms with van der Waals surface area (Å²) in [7, 11) is 0. The van der Waals surface area contributed by atoms with E-state index in [1.165, 1.54) is 21.9 Å². The van der Waals surface area contributed by atoms with Gasteiger partial charge in [0.05, 0.1) is 10.0 Å². The molecular formula is C21H21BrCl2N4O3. The molecule has 0 radical (unpaired) electrons. The summed E-state index contributed by atoms with van der Waals surface area (Å²) < 4.78 is 0.739. The second kappa shape index (κ2) is 10.5. The Morgan fingerprint density at radius 2 is 1.65 bits per heavy atom. The lowest BCUT2D eigenvalue weighted by Crippen LogP contribution is -2.63. The first kappa shape index (κ1) is 23.5. The van der Waals surface area contributed by atoms with Crippen molar-refractivity contribution >= 4 is 56.9 Å². The largest absolute Gasteiger partial charge is 0.351 e. The van der Waals surface area contributed by atoms with Crippen molar-refractivity contribution in [2.24, 2.45) is 5.73 Å². The van der Waals surface area contributed by atoms with Crippen molar-refractivity contribution in [3.8, 4) is 0 Å². The molecule has 1 aliphatic rings. The zero-order valence-electron chi connectivity index (χ0n) is 16.5. The van der Waals surface area contributed by atoms with Gasteiger partial charge in [-0.3, -0.25) is 14.4 Å². The van der Waals surface area contributed by atoms with E-state index in [9.17, 15) is 14.4 Å². The second-order valence-electron chi connectivity index (χ2n) is 6.94. The van der Waals surface area contributed by atoms with Crippen LogP contribution in [-0.4, -0.2) is 59.9 Å². The van der Waals surface area contributed by atoms with E-state index >= 15 is 0 Å². The van der Waals surface area contributed by atoms with Gasteiger partial charge in [0, 0.05) is 41.8 Å². The molecule has 0 spiro atoms. The minimum absolute atomic E-state index is 0.225. The van der Waals surface area contributed by atoms with Crippen molar-refractivity contribution in [2.75, 3.05) is 26.2 Å². The Morgan fingerprint density at radius 3 is 2.23 bits per heavy atom. The molecule has 1 fully saturated rings. The third-order valence-corrected chi connectivity index (χ3v) is 6.06. The number of halogens is 3. The molecule has 3 N–H and O–H groups in total. The Morgan fingerprint density at radius 1 is 1.00 bits per heavy atom. The Bertz CT molecular complexity index is 1000. The maximum Gasteiger partial charge on any atom is 0.263 e. The standard InChI is InChI=1S/C21H21BrCl2N4O3/c22-15-4-1-3-13(11-15)20(30)27-9-2-10-28(19(27)18(29)26-8-7-25)21(31)14-5-6-16(23)17(24)12-14/h1,3-6,11-12,19H,2,7-10,25H2,(H,26,29). The van der Waals surface area contributed by atoms with Gasteiger partial charge < -0.3 is 20.9 Å². The van der Waals surface area contributed by atoms with Gasteiger partial charge in [-0.2, -0.15) is 0 Å². The van der Waals surface area contributed by atoms with Crippen LogP contribution in [0.2, 0.25) is 10.0 Å². The fraction of sp³-hybridized carbons (Fsp3) is 0.286. The summed E-state index contributed by atoms with van der Waals surface area (Å²) in [6, 6.07) is 11.4. The number of nitrogens with zero attached hydrogens (tertiary/aromatic N) is 2. The zero-order valence-corrected chi connectivity index (χ0v) is 19.6. The van der Waals surface area contributed by atoms with Crippen LogP contribution in [0.1, 0.15) is 27.1 Å². The minimum atomic E-state index is -1.12. The van der Waals surface area contributed by atoms with E-state index in [0.717, 1.165) is 4.47 Å². The van der Waals surface area contributed by atoms with Crippen molar-refractivity contribution in [3.63, 3.8) is 0 Å². The van der Waals surface area contributed by atoms with Crippen molar-refractivity contribution < 1.29 is 14.4 Å². The van der Waals surface area contributed by atoms with Gasteiger partial charge in [-0.15, -0.1) is 0 Å². The second-order valence-corrected chi connectivity index (χ2v) is 8.67. The number of benzene rings is 2. The quantitative estimate of drug-likeness (QED) is 0.624. The molecule has 3 amide bonds. The number of rotatable bonds is 5. The smallest absolute Gasteiger partial charge is 0.263 e. The van der Waals surface area contributed by atoms with Gasteiger partial charge >= 0.3 is 0 Å². The summed E-state index contributed by atoms with van der Waals surface area (Å²) in [6.45, 7) is 1.10. The van der Waals surface area contributed by atoms with Crippen LogP contribution in [0.3, 0.4) is 0 Å². The number of hydrogen-bond donors (Lipinski definition) is 2. The van der Waals surface area contributed by atoms with Crippen molar-refractivity contribution in [3.05, 3.63) is 68.1 Å². The Labute approximate surface area is 198 Å². The summed E-state index contributed by atoms with van der Waals surface area (Å²) in [5.74, 6) is -1.24. The number of hydrogen-bond acceptors (Lipinski definition) is 4. The van der Waals surface area contributed by atoms with E-state index in [1.54, 1.807) is 30.3 Å². The molecule has 3 rings (SSSR count). The Balaban J connectivity index is 1.96. The average molecular weight is 528 g/mol. The van der Waals surface area contributed by atoms with Crippen molar-refractivity contribution in [1.82, 2.24) is 15.1 Å². The molecule has 2 aromatic carbocycles. The van der Waals surface area contributed by atoms with E-state index in [1.807, 2.05) is 0 Å². The highest BCUT2D eigenvalue weighted by Gasteiger charge is 2.40. The highest BCUT2D eigenvalue weighted by Crippen LogP contribution is 2.26. The monoisotopic (exact) mass is 526 g/mol. The molecule has 1 aliphatic heterocycles. The molecule has 1 heterocycles. The van der Waals surface area contributed by atoms with Crippen LogP contribution in [0.15, 0.2) is 46.9 Å². The van der Waals surface area contributed by atoms with Gasteiger partial charge in [0.25, 0.3) is 17.7 Å². The molecule has 164 valence electrons. The van der Waals surface area contributed by atoms with Gasteiger partial charge in [-0.1, -0.05) is 45.2 Å². The van der Waals surface area contributed by atoms with Gasteiger partial charge in [0.1, 0.15) is 0 Å². The van der Waals surface area contributed by atoms with E-state index < -0.39 is 18.0 Å². The van der Waals surface area contributed by atoms with Crippen LogP contribution in [0.25, 0.3) is 0 Å². The molecule has 0 aromatic heterocycles. The van der Waals surface area contributed by atoms with Crippen LogP contribution in [0.4, 0.5) is 0 Å². The SMILES string of the molecule is NCCNC(=O)C1N(C(=O)c2cccc(Br)c2)CCCN1C(=O)c1ccc(Cl)c(Cl)c1. The molecule has 0 saturated carbocycles. The molecular weight excluding hydrogens is 507 g/mol. The van der Waals surface area contributed by atoms with E-state index in [0.29, 0.717) is 30.1 Å². The highest BCUT2D eigenvalue weighted by atomic mass is 79.9.